The molecule has 2 aromatic carbocycles. The van der Waals surface area contributed by atoms with Crippen LogP contribution >= 0.6 is 0 Å². The first-order valence-electron chi connectivity index (χ1n) is 11.0. The third kappa shape index (κ3) is 6.88. The normalized spacial score (nSPS) is 14.5. The van der Waals surface area contributed by atoms with Gasteiger partial charge in [-0.05, 0) is 37.1 Å². The summed E-state index contributed by atoms with van der Waals surface area (Å²) in [5, 5.41) is 8.90. The second-order valence-corrected chi connectivity index (χ2v) is 9.59. The summed E-state index contributed by atoms with van der Waals surface area (Å²) in [6.07, 6.45) is 1.38. The largest absolute Gasteiger partial charge is 0.343 e. The highest BCUT2D eigenvalue weighted by atomic mass is 32.2. The number of nitriles is 1. The lowest BCUT2D eigenvalue weighted by atomic mass is 10.1. The maximum absolute atomic E-state index is 12.7. The molecule has 174 valence electrons. The van der Waals surface area contributed by atoms with Gasteiger partial charge in [0.1, 0.15) is 0 Å². The molecule has 1 fully saturated rings. The van der Waals surface area contributed by atoms with E-state index < -0.39 is 10.0 Å². The molecule has 0 unspecified atom stereocenters. The quantitative estimate of drug-likeness (QED) is 0.608. The number of anilines is 1. The fourth-order valence-electron chi connectivity index (χ4n) is 3.81. The smallest absolute Gasteiger partial charge is 0.240 e. The van der Waals surface area contributed by atoms with Crippen molar-refractivity contribution in [3.8, 4) is 6.07 Å². The van der Waals surface area contributed by atoms with Crippen molar-refractivity contribution in [2.24, 2.45) is 0 Å². The fraction of sp³-hybridized carbons (Fsp3) is 0.375. The number of amides is 2. The van der Waals surface area contributed by atoms with Crippen LogP contribution in [-0.4, -0.2) is 50.8 Å². The second-order valence-electron chi connectivity index (χ2n) is 7.88. The number of piperidine rings is 1. The zero-order valence-corrected chi connectivity index (χ0v) is 19.2. The minimum atomic E-state index is -3.59. The van der Waals surface area contributed by atoms with Crippen molar-refractivity contribution in [3.05, 3.63) is 60.7 Å². The lowest BCUT2D eigenvalue weighted by Gasteiger charge is -2.32. The maximum Gasteiger partial charge on any atom is 0.240 e. The number of benzene rings is 2. The molecule has 8 nitrogen and oxygen atoms in total. The first-order chi connectivity index (χ1) is 15.9. The molecule has 0 bridgehead atoms. The van der Waals surface area contributed by atoms with E-state index in [0.717, 1.165) is 0 Å². The van der Waals surface area contributed by atoms with Gasteiger partial charge in [-0.25, -0.2) is 13.1 Å². The molecule has 1 aliphatic rings. The molecule has 1 aliphatic heterocycles. The predicted molar refractivity (Wildman–Crippen MR) is 125 cm³/mol. The molecule has 2 amide bonds. The Morgan fingerprint density at radius 3 is 2.21 bits per heavy atom. The van der Waals surface area contributed by atoms with Gasteiger partial charge < -0.3 is 9.80 Å². The Kier molecular flexibility index (Phi) is 8.58. The Morgan fingerprint density at radius 1 is 1.00 bits per heavy atom. The van der Waals surface area contributed by atoms with E-state index >= 15 is 0 Å². The molecule has 0 radical (unpaired) electrons. The molecule has 33 heavy (non-hydrogen) atoms. The summed E-state index contributed by atoms with van der Waals surface area (Å²) in [6.45, 7) is 1.15. The highest BCUT2D eigenvalue weighted by molar-refractivity contribution is 7.89. The van der Waals surface area contributed by atoms with Gasteiger partial charge in [-0.1, -0.05) is 36.4 Å². The molecule has 3 rings (SSSR count). The summed E-state index contributed by atoms with van der Waals surface area (Å²) < 4.78 is 27.7. The van der Waals surface area contributed by atoms with Crippen LogP contribution in [0, 0.1) is 11.3 Å². The Morgan fingerprint density at radius 2 is 1.61 bits per heavy atom. The number of nitrogens with zero attached hydrogens (tertiary/aromatic N) is 3. The SMILES string of the molecule is N#CCCN(C(=O)CCC(=O)N1CCC(NS(=O)(=O)c2ccccc2)CC1)c1ccccc1. The zero-order chi connectivity index (χ0) is 23.7. The molecule has 0 aromatic heterocycles. The number of likely N-dealkylation sites (tertiary alicyclic amines) is 1. The van der Waals surface area contributed by atoms with E-state index in [1.807, 2.05) is 18.2 Å². The maximum atomic E-state index is 12.7. The third-order valence-electron chi connectivity index (χ3n) is 5.59. The summed E-state index contributed by atoms with van der Waals surface area (Å²) in [4.78, 5) is 28.9. The molecule has 1 heterocycles. The summed E-state index contributed by atoms with van der Waals surface area (Å²) >= 11 is 0. The number of rotatable bonds is 9. The van der Waals surface area contributed by atoms with Gasteiger partial charge in [-0.3, -0.25) is 9.59 Å². The highest BCUT2D eigenvalue weighted by Crippen LogP contribution is 2.18. The van der Waals surface area contributed by atoms with E-state index in [2.05, 4.69) is 10.8 Å². The summed E-state index contributed by atoms with van der Waals surface area (Å²) in [5.41, 5.74) is 0.705. The van der Waals surface area contributed by atoms with Gasteiger partial charge in [-0.2, -0.15) is 5.26 Å². The van der Waals surface area contributed by atoms with Crippen LogP contribution < -0.4 is 9.62 Å². The van der Waals surface area contributed by atoms with Crippen molar-refractivity contribution in [2.75, 3.05) is 24.5 Å². The highest BCUT2D eigenvalue weighted by Gasteiger charge is 2.27. The molecule has 0 spiro atoms. The third-order valence-corrected chi connectivity index (χ3v) is 7.13. The van der Waals surface area contributed by atoms with Crippen molar-refractivity contribution < 1.29 is 18.0 Å². The number of carbonyl (C=O) groups is 2. The molecule has 1 N–H and O–H groups in total. The molecule has 0 atom stereocenters. The van der Waals surface area contributed by atoms with Crippen molar-refractivity contribution in [2.45, 2.75) is 43.0 Å². The first-order valence-corrected chi connectivity index (χ1v) is 12.5. The van der Waals surface area contributed by atoms with E-state index in [1.165, 1.54) is 0 Å². The van der Waals surface area contributed by atoms with Crippen molar-refractivity contribution in [1.29, 1.82) is 5.26 Å². The minimum absolute atomic E-state index is 0.0553. The number of sulfonamides is 1. The van der Waals surface area contributed by atoms with E-state index in [4.69, 9.17) is 5.26 Å². The predicted octanol–water partition coefficient (Wildman–Crippen LogP) is 2.68. The standard InChI is InChI=1S/C24H28N4O4S/c25-16-7-17-28(21-8-3-1-4-9-21)24(30)13-12-23(29)27-18-14-20(15-19-27)26-33(31,32)22-10-5-2-6-11-22/h1-6,8-11,20,26H,7,12-15,17-19H2. The lowest BCUT2D eigenvalue weighted by Crippen LogP contribution is -2.46. The molecule has 9 heteroatoms. The monoisotopic (exact) mass is 468 g/mol. The molecule has 0 saturated carbocycles. The van der Waals surface area contributed by atoms with Gasteiger partial charge in [0.25, 0.3) is 0 Å². The van der Waals surface area contributed by atoms with Gasteiger partial charge in [0, 0.05) is 44.2 Å². The van der Waals surface area contributed by atoms with Gasteiger partial charge in [0.05, 0.1) is 17.4 Å². The van der Waals surface area contributed by atoms with Crippen LogP contribution in [0.5, 0.6) is 0 Å². The molecular weight excluding hydrogens is 440 g/mol. The lowest BCUT2D eigenvalue weighted by molar-refractivity contribution is -0.134. The first kappa shape index (κ1) is 24.4. The van der Waals surface area contributed by atoms with Crippen LogP contribution in [0.2, 0.25) is 0 Å². The summed E-state index contributed by atoms with van der Waals surface area (Å²) in [6, 6.07) is 19.1. The van der Waals surface area contributed by atoms with Crippen LogP contribution in [0.4, 0.5) is 5.69 Å². The second kappa shape index (κ2) is 11.6. The van der Waals surface area contributed by atoms with Crippen LogP contribution in [0.3, 0.4) is 0 Å². The van der Waals surface area contributed by atoms with E-state index in [1.54, 1.807) is 52.3 Å². The zero-order valence-electron chi connectivity index (χ0n) is 18.4. The van der Waals surface area contributed by atoms with Gasteiger partial charge >= 0.3 is 0 Å². The molecule has 1 saturated heterocycles. The van der Waals surface area contributed by atoms with Gasteiger partial charge in [0.15, 0.2) is 0 Å². The number of hydrogen-bond donors (Lipinski definition) is 1. The summed E-state index contributed by atoms with van der Waals surface area (Å²) in [7, 11) is -3.59. The van der Waals surface area contributed by atoms with Crippen LogP contribution in [0.15, 0.2) is 65.6 Å². The number of nitrogens with one attached hydrogen (secondary N) is 1. The Labute approximate surface area is 194 Å². The van der Waals surface area contributed by atoms with E-state index in [9.17, 15) is 18.0 Å². The van der Waals surface area contributed by atoms with E-state index in [0.29, 0.717) is 31.6 Å². The van der Waals surface area contributed by atoms with E-state index in [-0.39, 0.29) is 48.6 Å². The van der Waals surface area contributed by atoms with Gasteiger partial charge in [0.2, 0.25) is 21.8 Å². The summed E-state index contributed by atoms with van der Waals surface area (Å²) in [5.74, 6) is -0.323. The topological polar surface area (TPSA) is 111 Å². The molecular formula is C24H28N4O4S. The molecule has 2 aromatic rings. The average Bonchev–Trinajstić information content (AvgIpc) is 2.84. The Hall–Kier alpha value is -3.22. The Balaban J connectivity index is 1.48. The molecule has 0 aliphatic carbocycles. The number of para-hydroxylation sites is 1. The van der Waals surface area contributed by atoms with Crippen LogP contribution in [-0.2, 0) is 19.6 Å². The number of carbonyl (C=O) groups excluding carboxylic acids is 2. The van der Waals surface area contributed by atoms with Crippen molar-refractivity contribution in [3.63, 3.8) is 0 Å². The van der Waals surface area contributed by atoms with Crippen molar-refractivity contribution in [1.82, 2.24) is 9.62 Å². The van der Waals surface area contributed by atoms with Crippen LogP contribution in [0.25, 0.3) is 0 Å². The minimum Gasteiger partial charge on any atom is -0.343 e. The van der Waals surface area contributed by atoms with Crippen molar-refractivity contribution >= 4 is 27.5 Å². The fourth-order valence-corrected chi connectivity index (χ4v) is 5.13. The number of hydrogen-bond acceptors (Lipinski definition) is 5. The average molecular weight is 469 g/mol. The van der Waals surface area contributed by atoms with Gasteiger partial charge in [-0.15, -0.1) is 0 Å². The van der Waals surface area contributed by atoms with Crippen LogP contribution in [0.1, 0.15) is 32.1 Å². The Bertz CT molecular complexity index is 1080.